The number of piperidine rings is 2. The Morgan fingerprint density at radius 3 is 1.74 bits per heavy atom. The summed E-state index contributed by atoms with van der Waals surface area (Å²) in [6.07, 6.45) is 10.4. The minimum Gasteiger partial charge on any atom is -0.496 e. The van der Waals surface area contributed by atoms with Crippen molar-refractivity contribution >= 4 is 17.7 Å². The smallest absolute Gasteiger partial charge is 0.325 e. The van der Waals surface area contributed by atoms with Gasteiger partial charge in [-0.1, -0.05) is 48.5 Å². The van der Waals surface area contributed by atoms with Crippen LogP contribution in [-0.4, -0.2) is 110 Å². The zero-order valence-corrected chi connectivity index (χ0v) is 31.6. The van der Waals surface area contributed by atoms with Crippen molar-refractivity contribution in [1.82, 2.24) is 24.7 Å². The second-order valence-electron chi connectivity index (χ2n) is 14.2. The van der Waals surface area contributed by atoms with Gasteiger partial charge in [0.25, 0.3) is 0 Å². The summed E-state index contributed by atoms with van der Waals surface area (Å²) in [4.78, 5) is 30.7. The molecule has 4 aromatic rings. The Hall–Kier alpha value is -4.67. The number of hydrogen-bond acceptors (Lipinski definition) is 8. The highest BCUT2D eigenvalue weighted by Crippen LogP contribution is 2.35. The molecule has 3 aliphatic heterocycles. The van der Waals surface area contributed by atoms with Crippen LogP contribution in [0, 0.1) is 0 Å². The summed E-state index contributed by atoms with van der Waals surface area (Å²) in [5.41, 5.74) is 2.68. The maximum absolute atomic E-state index is 13.1. The normalized spacial score (nSPS) is 17.1. The van der Waals surface area contributed by atoms with Gasteiger partial charge in [0, 0.05) is 51.7 Å². The molecule has 2 aromatic heterocycles. The van der Waals surface area contributed by atoms with Crippen molar-refractivity contribution in [3.8, 4) is 11.5 Å². The molecule has 10 nitrogen and oxygen atoms in total. The number of amides is 2. The quantitative estimate of drug-likeness (QED) is 0.163. The van der Waals surface area contributed by atoms with Gasteiger partial charge >= 0.3 is 6.03 Å². The molecule has 0 atom stereocenters. The summed E-state index contributed by atoms with van der Waals surface area (Å²) in [5.74, 6) is 4.88. The average molecular weight is 720 g/mol. The van der Waals surface area contributed by atoms with E-state index in [9.17, 15) is 4.79 Å². The standard InChI is InChI=1S/C24H32N4O2.C19H25N3O/c1-30-22-9-3-2-8-21(22)20-11-16-26(17-12-20)18-19-28(23-10-4-5-13-25-23)24(29)27-14-6-7-15-27;1-23-18-7-3-2-6-17(18)16-9-13-22(14-10-16)15-12-21-19-8-4-5-11-20-19/h2-5,8-10,13,20H,6-7,11-12,14-19H2,1H3;2-8,11,16H,9-10,12-15H2,1H3,(H,20,21). The van der Waals surface area contributed by atoms with E-state index in [1.54, 1.807) is 20.4 Å². The van der Waals surface area contributed by atoms with Crippen LogP contribution in [0.1, 0.15) is 61.5 Å². The monoisotopic (exact) mass is 719 g/mol. The van der Waals surface area contributed by atoms with E-state index in [-0.39, 0.29) is 6.03 Å². The van der Waals surface area contributed by atoms with Crippen molar-refractivity contribution in [3.63, 3.8) is 0 Å². The second-order valence-corrected chi connectivity index (χ2v) is 14.2. The molecule has 282 valence electrons. The first kappa shape index (κ1) is 38.1. The van der Waals surface area contributed by atoms with Crippen molar-refractivity contribution in [3.05, 3.63) is 108 Å². The predicted octanol–water partition coefficient (Wildman–Crippen LogP) is 7.37. The molecule has 3 aliphatic rings. The zero-order chi connectivity index (χ0) is 36.7. The number of nitrogens with one attached hydrogen (secondary N) is 1. The highest BCUT2D eigenvalue weighted by molar-refractivity contribution is 5.91. The molecule has 10 heteroatoms. The first-order chi connectivity index (χ1) is 26.1. The lowest BCUT2D eigenvalue weighted by Gasteiger charge is -2.34. The van der Waals surface area contributed by atoms with Gasteiger partial charge in [0.1, 0.15) is 23.1 Å². The summed E-state index contributed by atoms with van der Waals surface area (Å²) in [5, 5.41) is 3.38. The van der Waals surface area contributed by atoms with E-state index in [1.807, 2.05) is 64.5 Å². The van der Waals surface area contributed by atoms with Crippen LogP contribution in [0.25, 0.3) is 0 Å². The number of methoxy groups -OCH3 is 2. The third kappa shape index (κ3) is 10.7. The van der Waals surface area contributed by atoms with Gasteiger partial charge < -0.3 is 29.5 Å². The Balaban J connectivity index is 0.000000188. The van der Waals surface area contributed by atoms with Gasteiger partial charge in [-0.2, -0.15) is 0 Å². The first-order valence-corrected chi connectivity index (χ1v) is 19.5. The molecule has 53 heavy (non-hydrogen) atoms. The van der Waals surface area contributed by atoms with Crippen LogP contribution in [0.2, 0.25) is 0 Å². The lowest BCUT2D eigenvalue weighted by Crippen LogP contribution is -2.46. The van der Waals surface area contributed by atoms with Crippen LogP contribution in [0.4, 0.5) is 16.4 Å². The molecular weight excluding hydrogens is 663 g/mol. The van der Waals surface area contributed by atoms with Crippen LogP contribution in [0.15, 0.2) is 97.3 Å². The molecule has 5 heterocycles. The largest absolute Gasteiger partial charge is 0.496 e. The number of nitrogens with zero attached hydrogens (tertiary/aromatic N) is 6. The fourth-order valence-electron chi connectivity index (χ4n) is 7.89. The van der Waals surface area contributed by atoms with Crippen LogP contribution in [0.3, 0.4) is 0 Å². The van der Waals surface area contributed by atoms with E-state index >= 15 is 0 Å². The SMILES string of the molecule is COc1ccccc1C1CCN(CCN(C(=O)N2CCCC2)c2ccccn2)CC1.COc1ccccc1C1CCN(CCNc2ccccn2)CC1. The topological polar surface area (TPSA) is 86.3 Å². The number of pyridine rings is 2. The van der Waals surface area contributed by atoms with Gasteiger partial charge in [-0.05, 0) is 124 Å². The van der Waals surface area contributed by atoms with Crippen LogP contribution >= 0.6 is 0 Å². The van der Waals surface area contributed by atoms with Crippen molar-refractivity contribution in [2.45, 2.75) is 50.4 Å². The number of anilines is 2. The van der Waals surface area contributed by atoms with E-state index in [0.717, 1.165) is 108 Å². The molecule has 0 bridgehead atoms. The fourth-order valence-corrected chi connectivity index (χ4v) is 7.89. The third-order valence-corrected chi connectivity index (χ3v) is 10.9. The molecule has 0 saturated carbocycles. The number of likely N-dealkylation sites (tertiary alicyclic amines) is 3. The lowest BCUT2D eigenvalue weighted by molar-refractivity contribution is 0.202. The van der Waals surface area contributed by atoms with Crippen molar-refractivity contribution in [1.29, 1.82) is 0 Å². The number of ether oxygens (including phenoxy) is 2. The van der Waals surface area contributed by atoms with Crippen LogP contribution in [0.5, 0.6) is 11.5 Å². The molecule has 3 fully saturated rings. The Morgan fingerprint density at radius 1 is 0.679 bits per heavy atom. The molecule has 0 radical (unpaired) electrons. The zero-order valence-electron chi connectivity index (χ0n) is 31.6. The lowest BCUT2D eigenvalue weighted by atomic mass is 9.89. The van der Waals surface area contributed by atoms with E-state index < -0.39 is 0 Å². The summed E-state index contributed by atoms with van der Waals surface area (Å²) in [6, 6.07) is 28.6. The Bertz CT molecular complexity index is 1660. The molecular formula is C43H57N7O3. The highest BCUT2D eigenvalue weighted by atomic mass is 16.5. The summed E-state index contributed by atoms with van der Waals surface area (Å²) >= 11 is 0. The molecule has 0 unspecified atom stereocenters. The summed E-state index contributed by atoms with van der Waals surface area (Å²) in [7, 11) is 3.51. The first-order valence-electron chi connectivity index (χ1n) is 19.5. The molecule has 2 aromatic carbocycles. The van der Waals surface area contributed by atoms with Crippen molar-refractivity contribution in [2.24, 2.45) is 0 Å². The highest BCUT2D eigenvalue weighted by Gasteiger charge is 2.28. The fraction of sp³-hybridized carbons (Fsp3) is 0.465. The molecule has 1 N–H and O–H groups in total. The van der Waals surface area contributed by atoms with Gasteiger partial charge in [-0.25, -0.2) is 14.8 Å². The number of carbonyl (C=O) groups is 1. The van der Waals surface area contributed by atoms with Gasteiger partial charge in [0.05, 0.1) is 14.2 Å². The number of para-hydroxylation sites is 2. The Kier molecular flexibility index (Phi) is 14.3. The van der Waals surface area contributed by atoms with Crippen molar-refractivity contribution in [2.75, 3.05) is 89.9 Å². The minimum absolute atomic E-state index is 0.0927. The summed E-state index contributed by atoms with van der Waals surface area (Å²) in [6.45, 7) is 9.62. The van der Waals surface area contributed by atoms with Gasteiger partial charge in [-0.3, -0.25) is 4.90 Å². The third-order valence-electron chi connectivity index (χ3n) is 10.9. The minimum atomic E-state index is 0.0927. The van der Waals surface area contributed by atoms with E-state index in [2.05, 4.69) is 61.5 Å². The maximum atomic E-state index is 13.1. The number of aromatic nitrogens is 2. The number of carbonyl (C=O) groups excluding carboxylic acids is 1. The molecule has 2 amide bonds. The molecule has 7 rings (SSSR count). The van der Waals surface area contributed by atoms with E-state index in [1.165, 1.54) is 24.0 Å². The molecule has 0 spiro atoms. The number of benzene rings is 2. The predicted molar refractivity (Wildman–Crippen MR) is 213 cm³/mol. The van der Waals surface area contributed by atoms with E-state index in [0.29, 0.717) is 18.4 Å². The number of rotatable bonds is 12. The van der Waals surface area contributed by atoms with Crippen molar-refractivity contribution < 1.29 is 14.3 Å². The number of urea groups is 1. The van der Waals surface area contributed by atoms with Crippen LogP contribution < -0.4 is 19.7 Å². The van der Waals surface area contributed by atoms with Gasteiger partial charge in [-0.15, -0.1) is 0 Å². The Morgan fingerprint density at radius 2 is 1.21 bits per heavy atom. The molecule has 3 saturated heterocycles. The van der Waals surface area contributed by atoms with Gasteiger partial charge in [0.2, 0.25) is 0 Å². The summed E-state index contributed by atoms with van der Waals surface area (Å²) < 4.78 is 11.1. The second kappa shape index (κ2) is 20.0. The Labute approximate surface area is 316 Å². The maximum Gasteiger partial charge on any atom is 0.325 e. The van der Waals surface area contributed by atoms with Gasteiger partial charge in [0.15, 0.2) is 0 Å². The molecule has 0 aliphatic carbocycles. The number of hydrogen-bond donors (Lipinski definition) is 1. The van der Waals surface area contributed by atoms with Crippen LogP contribution in [-0.2, 0) is 0 Å². The average Bonchev–Trinajstić information content (AvgIpc) is 3.78. The van der Waals surface area contributed by atoms with E-state index in [4.69, 9.17) is 9.47 Å².